The van der Waals surface area contributed by atoms with Gasteiger partial charge in [0, 0.05) is 25.0 Å². The summed E-state index contributed by atoms with van der Waals surface area (Å²) in [7, 11) is -3.85. The molecule has 0 aromatic carbocycles. The van der Waals surface area contributed by atoms with Crippen molar-refractivity contribution in [2.24, 2.45) is 0 Å². The molecule has 0 unspecified atom stereocenters. The molecule has 0 heterocycles. The Morgan fingerprint density at radius 2 is 1.13 bits per heavy atom. The average molecular weight is 349 g/mol. The van der Waals surface area contributed by atoms with Crippen LogP contribution in [-0.4, -0.2) is 33.2 Å². The molecule has 7 heteroatoms. The molecule has 0 N–H and O–H groups in total. The molecular formula is C16H32O6Si. The minimum Gasteiger partial charge on any atom is -0.442 e. The molecule has 0 spiro atoms. The van der Waals surface area contributed by atoms with Gasteiger partial charge in [-0.15, -0.1) is 0 Å². The first-order valence-corrected chi connectivity index (χ1v) is 10.2. The van der Waals surface area contributed by atoms with Gasteiger partial charge in [0.25, 0.3) is 11.9 Å². The van der Waals surface area contributed by atoms with Crippen LogP contribution in [0.1, 0.15) is 80.1 Å². The van der Waals surface area contributed by atoms with Crippen LogP contribution >= 0.6 is 0 Å². The number of unbranched alkanes of at least 4 members (excludes halogenated alkanes) is 2. The third kappa shape index (κ3) is 10.5. The number of carbonyl (C=O) groups excluding carboxylic acids is 2. The molecular weight excluding hydrogens is 316 g/mol. The van der Waals surface area contributed by atoms with Crippen LogP contribution in [0.5, 0.6) is 0 Å². The average Bonchev–Trinajstić information content (AvgIpc) is 2.40. The third-order valence-electron chi connectivity index (χ3n) is 2.71. The maximum atomic E-state index is 12.0. The van der Waals surface area contributed by atoms with Crippen molar-refractivity contribution < 1.29 is 27.3 Å². The van der Waals surface area contributed by atoms with Gasteiger partial charge in [0.15, 0.2) is 0 Å². The maximum Gasteiger partial charge on any atom is 0.825 e. The Kier molecular flexibility index (Phi) is 11.1. The summed E-state index contributed by atoms with van der Waals surface area (Å²) in [5, 5.41) is 0. The summed E-state index contributed by atoms with van der Waals surface area (Å²) < 4.78 is 22.2. The van der Waals surface area contributed by atoms with Gasteiger partial charge in [-0.25, -0.2) is 0 Å². The van der Waals surface area contributed by atoms with Gasteiger partial charge < -0.3 is 17.7 Å². The summed E-state index contributed by atoms with van der Waals surface area (Å²) >= 11 is 0. The second-order valence-electron chi connectivity index (χ2n) is 5.99. The topological polar surface area (TPSA) is 71.1 Å². The zero-order chi connectivity index (χ0) is 17.9. The lowest BCUT2D eigenvalue weighted by Crippen LogP contribution is -2.54. The van der Waals surface area contributed by atoms with Crippen LogP contribution in [0.3, 0.4) is 0 Å². The van der Waals surface area contributed by atoms with E-state index in [1.165, 1.54) is 0 Å². The minimum atomic E-state index is -3.85. The summed E-state index contributed by atoms with van der Waals surface area (Å²) in [6.07, 6.45) is 3.07. The van der Waals surface area contributed by atoms with Crippen molar-refractivity contribution in [2.45, 2.75) is 92.3 Å². The number of hydrogen-bond donors (Lipinski definition) is 0. The zero-order valence-electron chi connectivity index (χ0n) is 15.3. The van der Waals surface area contributed by atoms with Gasteiger partial charge in [-0.3, -0.25) is 9.59 Å². The first-order valence-electron chi connectivity index (χ1n) is 8.54. The highest BCUT2D eigenvalue weighted by Crippen LogP contribution is 2.20. The highest BCUT2D eigenvalue weighted by Gasteiger charge is 2.55. The van der Waals surface area contributed by atoms with Crippen molar-refractivity contribution in [3.8, 4) is 0 Å². The predicted octanol–water partition coefficient (Wildman–Crippen LogP) is 3.74. The molecule has 0 fully saturated rings. The fraction of sp³-hybridized carbons (Fsp3) is 0.875. The van der Waals surface area contributed by atoms with E-state index in [1.807, 2.05) is 13.8 Å². The normalized spacial score (nSPS) is 11.8. The van der Waals surface area contributed by atoms with Gasteiger partial charge in [0.05, 0.1) is 0 Å². The molecule has 0 bridgehead atoms. The molecule has 0 aromatic rings. The van der Waals surface area contributed by atoms with Crippen molar-refractivity contribution in [3.05, 3.63) is 0 Å². The van der Waals surface area contributed by atoms with Gasteiger partial charge in [-0.05, 0) is 40.5 Å². The minimum absolute atomic E-state index is 0.251. The van der Waals surface area contributed by atoms with E-state index in [0.29, 0.717) is 12.8 Å². The Bertz CT molecular complexity index is 322. The largest absolute Gasteiger partial charge is 0.825 e. The van der Waals surface area contributed by atoms with Gasteiger partial charge in [0.2, 0.25) is 0 Å². The maximum absolute atomic E-state index is 12.0. The highest BCUT2D eigenvalue weighted by molar-refractivity contribution is 6.57. The number of hydrogen-bond acceptors (Lipinski definition) is 6. The molecule has 136 valence electrons. The molecule has 6 nitrogen and oxygen atoms in total. The first kappa shape index (κ1) is 22.1. The Labute approximate surface area is 141 Å². The van der Waals surface area contributed by atoms with E-state index in [1.54, 1.807) is 27.7 Å². The Hall–Kier alpha value is -0.923. The standard InChI is InChI=1S/C16H32O6Si/c1-7-9-11-15(17)21-23(19-13(3)4,20-14(5)6)22-16(18)12-10-8-2/h13-14H,7-12H2,1-6H3. The van der Waals surface area contributed by atoms with E-state index in [2.05, 4.69) is 0 Å². The molecule has 0 atom stereocenters. The van der Waals surface area contributed by atoms with Crippen molar-refractivity contribution >= 4 is 21.0 Å². The fourth-order valence-corrected chi connectivity index (χ4v) is 3.95. The molecule has 0 rings (SSSR count). The van der Waals surface area contributed by atoms with E-state index < -0.39 is 21.0 Å². The monoisotopic (exact) mass is 348 g/mol. The lowest BCUT2D eigenvalue weighted by Gasteiger charge is -2.29. The van der Waals surface area contributed by atoms with Gasteiger partial charge >= 0.3 is 9.05 Å². The van der Waals surface area contributed by atoms with Crippen LogP contribution in [0.4, 0.5) is 0 Å². The molecule has 0 aliphatic carbocycles. The van der Waals surface area contributed by atoms with Gasteiger partial charge in [-0.1, -0.05) is 26.7 Å². The van der Waals surface area contributed by atoms with E-state index in [9.17, 15) is 9.59 Å². The highest BCUT2D eigenvalue weighted by atomic mass is 28.4. The van der Waals surface area contributed by atoms with Gasteiger partial charge in [0.1, 0.15) is 0 Å². The summed E-state index contributed by atoms with van der Waals surface area (Å²) in [6.45, 7) is 11.1. The van der Waals surface area contributed by atoms with Crippen molar-refractivity contribution in [3.63, 3.8) is 0 Å². The van der Waals surface area contributed by atoms with Crippen molar-refractivity contribution in [1.82, 2.24) is 0 Å². The van der Waals surface area contributed by atoms with Crippen LogP contribution in [0, 0.1) is 0 Å². The van der Waals surface area contributed by atoms with Crippen LogP contribution in [-0.2, 0) is 27.3 Å². The molecule has 0 amide bonds. The third-order valence-corrected chi connectivity index (χ3v) is 5.18. The van der Waals surface area contributed by atoms with E-state index >= 15 is 0 Å². The second-order valence-corrected chi connectivity index (χ2v) is 7.87. The molecule has 0 aliphatic heterocycles. The van der Waals surface area contributed by atoms with Crippen molar-refractivity contribution in [1.29, 1.82) is 0 Å². The Morgan fingerprint density at radius 1 is 0.783 bits per heavy atom. The Morgan fingerprint density at radius 3 is 1.39 bits per heavy atom. The van der Waals surface area contributed by atoms with E-state index in [-0.39, 0.29) is 25.0 Å². The molecule has 0 aromatic heterocycles. The quantitative estimate of drug-likeness (QED) is 0.500. The van der Waals surface area contributed by atoms with E-state index in [4.69, 9.17) is 17.7 Å². The molecule has 0 aliphatic rings. The number of rotatable bonds is 12. The van der Waals surface area contributed by atoms with Crippen LogP contribution < -0.4 is 0 Å². The first-order chi connectivity index (χ1) is 10.7. The number of carbonyl (C=O) groups is 2. The molecule has 0 saturated heterocycles. The van der Waals surface area contributed by atoms with Crippen molar-refractivity contribution in [2.75, 3.05) is 0 Å². The van der Waals surface area contributed by atoms with Crippen LogP contribution in [0.15, 0.2) is 0 Å². The molecule has 0 saturated carbocycles. The smallest absolute Gasteiger partial charge is 0.442 e. The fourth-order valence-electron chi connectivity index (χ4n) is 1.75. The summed E-state index contributed by atoms with van der Waals surface area (Å²) in [5.41, 5.74) is 0. The predicted molar refractivity (Wildman–Crippen MR) is 89.4 cm³/mol. The summed E-state index contributed by atoms with van der Waals surface area (Å²) in [4.78, 5) is 24.1. The Balaban J connectivity index is 5.14. The molecule has 0 radical (unpaired) electrons. The van der Waals surface area contributed by atoms with Crippen LogP contribution in [0.25, 0.3) is 0 Å². The summed E-state index contributed by atoms with van der Waals surface area (Å²) in [6, 6.07) is 0. The van der Waals surface area contributed by atoms with Gasteiger partial charge in [-0.2, -0.15) is 0 Å². The van der Waals surface area contributed by atoms with E-state index in [0.717, 1.165) is 12.8 Å². The lowest BCUT2D eigenvalue weighted by molar-refractivity contribution is -0.156. The SMILES string of the molecule is CCCCC(=O)O[Si](OC(=O)CCCC)(OC(C)C)OC(C)C. The molecule has 23 heavy (non-hydrogen) atoms. The lowest BCUT2D eigenvalue weighted by atomic mass is 10.3. The summed E-state index contributed by atoms with van der Waals surface area (Å²) in [5.74, 6) is -0.911. The second kappa shape index (κ2) is 11.6. The van der Waals surface area contributed by atoms with Crippen LogP contribution in [0.2, 0.25) is 0 Å². The zero-order valence-corrected chi connectivity index (χ0v) is 16.3.